The van der Waals surface area contributed by atoms with Gasteiger partial charge in [0.25, 0.3) is 5.91 Å². The molecular formula is C14H17BrFNO2. The van der Waals surface area contributed by atoms with Crippen molar-refractivity contribution >= 4 is 21.8 Å². The van der Waals surface area contributed by atoms with Gasteiger partial charge < -0.3 is 10.1 Å². The Balaban J connectivity index is 2.12. The Labute approximate surface area is 120 Å². The number of hydrogen-bond acceptors (Lipinski definition) is 2. The molecule has 1 aromatic rings. The summed E-state index contributed by atoms with van der Waals surface area (Å²) in [6.07, 6.45) is 1.56. The molecule has 0 bridgehead atoms. The molecule has 0 radical (unpaired) electrons. The van der Waals surface area contributed by atoms with Crippen LogP contribution in [0.1, 0.15) is 28.8 Å². The summed E-state index contributed by atoms with van der Waals surface area (Å²) < 4.78 is 18.5. The number of aryl methyl sites for hydroxylation is 1. The summed E-state index contributed by atoms with van der Waals surface area (Å²) >= 11 is 3.46. The number of carbonyl (C=O) groups excluding carboxylic acids is 1. The summed E-state index contributed by atoms with van der Waals surface area (Å²) in [6, 6.07) is 4.42. The Morgan fingerprint density at radius 3 is 2.74 bits per heavy atom. The second-order valence-corrected chi connectivity index (χ2v) is 5.51. The summed E-state index contributed by atoms with van der Waals surface area (Å²) in [5.41, 5.74) is 0.704. The Morgan fingerprint density at radius 2 is 2.16 bits per heavy atom. The maximum absolute atomic E-state index is 13.2. The molecule has 0 spiro atoms. The topological polar surface area (TPSA) is 38.3 Å². The smallest absolute Gasteiger partial charge is 0.251 e. The highest BCUT2D eigenvalue weighted by atomic mass is 79.9. The van der Waals surface area contributed by atoms with Crippen LogP contribution in [0.4, 0.5) is 4.39 Å². The van der Waals surface area contributed by atoms with Gasteiger partial charge in [-0.05, 0) is 43.5 Å². The molecule has 0 aliphatic carbocycles. The van der Waals surface area contributed by atoms with Gasteiger partial charge in [-0.25, -0.2) is 4.39 Å². The van der Waals surface area contributed by atoms with Gasteiger partial charge in [-0.15, -0.1) is 0 Å². The van der Waals surface area contributed by atoms with Gasteiger partial charge in [0.05, 0.1) is 5.54 Å². The number of alkyl halides is 1. The monoisotopic (exact) mass is 329 g/mol. The van der Waals surface area contributed by atoms with Crippen LogP contribution in [0.2, 0.25) is 0 Å². The van der Waals surface area contributed by atoms with Crippen molar-refractivity contribution in [1.82, 2.24) is 5.32 Å². The molecule has 0 saturated carbocycles. The van der Waals surface area contributed by atoms with Crippen molar-refractivity contribution in [2.75, 3.05) is 18.5 Å². The third-order valence-electron chi connectivity index (χ3n) is 3.50. The van der Waals surface area contributed by atoms with Crippen molar-refractivity contribution in [3.63, 3.8) is 0 Å². The summed E-state index contributed by atoms with van der Waals surface area (Å²) in [7, 11) is 0. The molecule has 3 nitrogen and oxygen atoms in total. The van der Waals surface area contributed by atoms with Crippen LogP contribution in [-0.2, 0) is 4.74 Å². The van der Waals surface area contributed by atoms with E-state index in [4.69, 9.17) is 4.74 Å². The Bertz CT molecular complexity index is 473. The van der Waals surface area contributed by atoms with Crippen molar-refractivity contribution in [2.24, 2.45) is 0 Å². The van der Waals surface area contributed by atoms with Crippen LogP contribution in [0.15, 0.2) is 18.2 Å². The third kappa shape index (κ3) is 3.34. The zero-order chi connectivity index (χ0) is 13.9. The van der Waals surface area contributed by atoms with Gasteiger partial charge in [-0.1, -0.05) is 15.9 Å². The fraction of sp³-hybridized carbons (Fsp3) is 0.500. The van der Waals surface area contributed by atoms with E-state index in [0.717, 1.165) is 12.8 Å². The van der Waals surface area contributed by atoms with Gasteiger partial charge in [0, 0.05) is 24.1 Å². The average molecular weight is 330 g/mol. The largest absolute Gasteiger partial charge is 0.381 e. The lowest BCUT2D eigenvalue weighted by Gasteiger charge is -2.36. The molecule has 0 aromatic heterocycles. The van der Waals surface area contributed by atoms with Gasteiger partial charge in [0.2, 0.25) is 0 Å². The normalized spacial score (nSPS) is 18.1. The van der Waals surface area contributed by atoms with E-state index in [1.165, 1.54) is 12.1 Å². The molecule has 0 atom stereocenters. The van der Waals surface area contributed by atoms with Crippen molar-refractivity contribution < 1.29 is 13.9 Å². The second-order valence-electron chi connectivity index (χ2n) is 4.94. The first kappa shape index (κ1) is 14.5. The summed E-state index contributed by atoms with van der Waals surface area (Å²) in [5, 5.41) is 3.75. The zero-order valence-corrected chi connectivity index (χ0v) is 12.4. The van der Waals surface area contributed by atoms with Crippen molar-refractivity contribution in [2.45, 2.75) is 25.3 Å². The second kappa shape index (κ2) is 6.01. The molecule has 1 aromatic carbocycles. The minimum absolute atomic E-state index is 0.163. The molecule has 5 heteroatoms. The molecule has 1 saturated heterocycles. The lowest BCUT2D eigenvalue weighted by Crippen LogP contribution is -2.53. The quantitative estimate of drug-likeness (QED) is 0.866. The Hall–Kier alpha value is -0.940. The van der Waals surface area contributed by atoms with Crippen LogP contribution >= 0.6 is 15.9 Å². The van der Waals surface area contributed by atoms with E-state index < -0.39 is 0 Å². The van der Waals surface area contributed by atoms with Crippen LogP contribution in [-0.4, -0.2) is 30.0 Å². The summed E-state index contributed by atoms with van der Waals surface area (Å²) in [6.45, 7) is 2.95. The molecular weight excluding hydrogens is 313 g/mol. The molecule has 2 rings (SSSR count). The molecule has 1 amide bonds. The number of rotatable bonds is 3. The standard InChI is InChI=1S/C14H17BrFNO2/c1-10-8-11(2-3-12(10)16)13(18)17-14(9-15)4-6-19-7-5-14/h2-3,8H,4-7,9H2,1H3,(H,17,18). The number of amides is 1. The van der Waals surface area contributed by atoms with Crippen LogP contribution in [0.5, 0.6) is 0 Å². The fourth-order valence-corrected chi connectivity index (χ4v) is 2.85. The molecule has 1 N–H and O–H groups in total. The van der Waals surface area contributed by atoms with E-state index in [9.17, 15) is 9.18 Å². The lowest BCUT2D eigenvalue weighted by atomic mass is 9.92. The molecule has 1 heterocycles. The fourth-order valence-electron chi connectivity index (χ4n) is 2.15. The third-order valence-corrected chi connectivity index (χ3v) is 4.58. The predicted molar refractivity (Wildman–Crippen MR) is 75.2 cm³/mol. The number of hydrogen-bond donors (Lipinski definition) is 1. The minimum Gasteiger partial charge on any atom is -0.381 e. The van der Waals surface area contributed by atoms with Gasteiger partial charge >= 0.3 is 0 Å². The first-order chi connectivity index (χ1) is 9.06. The highest BCUT2D eigenvalue weighted by molar-refractivity contribution is 9.09. The van der Waals surface area contributed by atoms with Gasteiger partial charge in [-0.2, -0.15) is 0 Å². The Morgan fingerprint density at radius 1 is 1.47 bits per heavy atom. The zero-order valence-electron chi connectivity index (χ0n) is 10.8. The first-order valence-corrected chi connectivity index (χ1v) is 7.41. The van der Waals surface area contributed by atoms with E-state index in [1.807, 2.05) is 0 Å². The SMILES string of the molecule is Cc1cc(C(=O)NC2(CBr)CCOCC2)ccc1F. The van der Waals surface area contributed by atoms with Crippen molar-refractivity contribution in [1.29, 1.82) is 0 Å². The number of ether oxygens (including phenoxy) is 1. The maximum atomic E-state index is 13.2. The maximum Gasteiger partial charge on any atom is 0.251 e. The molecule has 0 unspecified atom stereocenters. The van der Waals surface area contributed by atoms with Crippen molar-refractivity contribution in [3.8, 4) is 0 Å². The molecule has 19 heavy (non-hydrogen) atoms. The van der Waals surface area contributed by atoms with Gasteiger partial charge in [-0.3, -0.25) is 4.79 Å². The Kier molecular flexibility index (Phi) is 4.58. The van der Waals surface area contributed by atoms with E-state index in [2.05, 4.69) is 21.2 Å². The molecule has 1 aliphatic heterocycles. The highest BCUT2D eigenvalue weighted by Crippen LogP contribution is 2.23. The van der Waals surface area contributed by atoms with E-state index >= 15 is 0 Å². The number of carbonyl (C=O) groups is 1. The first-order valence-electron chi connectivity index (χ1n) is 6.29. The van der Waals surface area contributed by atoms with E-state index in [0.29, 0.717) is 29.7 Å². The van der Waals surface area contributed by atoms with Crippen LogP contribution in [0.25, 0.3) is 0 Å². The van der Waals surface area contributed by atoms with E-state index in [1.54, 1.807) is 13.0 Å². The van der Waals surface area contributed by atoms with Crippen LogP contribution < -0.4 is 5.32 Å². The van der Waals surface area contributed by atoms with Crippen LogP contribution in [0.3, 0.4) is 0 Å². The van der Waals surface area contributed by atoms with Crippen LogP contribution in [0, 0.1) is 12.7 Å². The molecule has 1 aliphatic rings. The van der Waals surface area contributed by atoms with E-state index in [-0.39, 0.29) is 17.3 Å². The van der Waals surface area contributed by atoms with Gasteiger partial charge in [0.15, 0.2) is 0 Å². The summed E-state index contributed by atoms with van der Waals surface area (Å²) in [4.78, 5) is 12.2. The highest BCUT2D eigenvalue weighted by Gasteiger charge is 2.33. The number of benzene rings is 1. The predicted octanol–water partition coefficient (Wildman–Crippen LogP) is 2.81. The molecule has 1 fully saturated rings. The van der Waals surface area contributed by atoms with Gasteiger partial charge in [0.1, 0.15) is 5.82 Å². The lowest BCUT2D eigenvalue weighted by molar-refractivity contribution is 0.0442. The van der Waals surface area contributed by atoms with Crippen molar-refractivity contribution in [3.05, 3.63) is 35.1 Å². The number of halogens is 2. The molecule has 104 valence electrons. The number of nitrogens with one attached hydrogen (secondary N) is 1. The summed E-state index contributed by atoms with van der Waals surface area (Å²) in [5.74, 6) is -0.456. The average Bonchev–Trinajstić information content (AvgIpc) is 2.43. The minimum atomic E-state index is -0.294.